The van der Waals surface area contributed by atoms with E-state index in [0.717, 1.165) is 0 Å². The summed E-state index contributed by atoms with van der Waals surface area (Å²) in [6, 6.07) is 15.2. The minimum atomic E-state index is -0.633. The van der Waals surface area contributed by atoms with Gasteiger partial charge in [0, 0.05) is 18.7 Å². The third kappa shape index (κ3) is 3.92. The Hall–Kier alpha value is -2.99. The van der Waals surface area contributed by atoms with Crippen LogP contribution in [0.15, 0.2) is 54.6 Å². The number of hydrogen-bond donors (Lipinski definition) is 1. The van der Waals surface area contributed by atoms with E-state index in [-0.39, 0.29) is 11.5 Å². The number of carbonyl (C=O) groups is 3. The molecular weight excluding hydrogens is 320 g/mol. The first kappa shape index (κ1) is 16.9. The van der Waals surface area contributed by atoms with Gasteiger partial charge in [-0.1, -0.05) is 30.3 Å². The minimum Gasteiger partial charge on any atom is -0.378 e. The molecule has 2 aromatic carbocycles. The number of Topliss-reactive ketones (excluding diaryl/α,β-unsaturated/α-hetero) is 1. The van der Waals surface area contributed by atoms with Crippen molar-refractivity contribution in [3.05, 3.63) is 65.7 Å². The standard InChI is InChI=1S/C19H18N2O4/c22-17(19(24)21-10-12-25-13-11-21)15-8-4-5-9-16(15)20-18(23)14-6-2-1-3-7-14/h1-9H,10-13H2,(H,20,23). The summed E-state index contributed by atoms with van der Waals surface area (Å²) in [6.45, 7) is 1.63. The van der Waals surface area contributed by atoms with E-state index in [1.165, 1.54) is 4.90 Å². The minimum absolute atomic E-state index is 0.184. The highest BCUT2D eigenvalue weighted by Gasteiger charge is 2.26. The average Bonchev–Trinajstić information content (AvgIpc) is 2.68. The number of nitrogens with zero attached hydrogens (tertiary/aromatic N) is 1. The first-order valence-corrected chi connectivity index (χ1v) is 8.03. The van der Waals surface area contributed by atoms with Crippen LogP contribution in [-0.4, -0.2) is 48.8 Å². The Balaban J connectivity index is 1.79. The Bertz CT molecular complexity index is 783. The van der Waals surface area contributed by atoms with E-state index in [4.69, 9.17) is 4.74 Å². The molecule has 2 amide bonds. The molecule has 1 N–H and O–H groups in total. The fourth-order valence-electron chi connectivity index (χ4n) is 2.60. The number of benzene rings is 2. The summed E-state index contributed by atoms with van der Waals surface area (Å²) in [4.78, 5) is 38.8. The molecule has 0 aromatic heterocycles. The van der Waals surface area contributed by atoms with Crippen molar-refractivity contribution in [1.29, 1.82) is 0 Å². The molecule has 3 rings (SSSR count). The Kier molecular flexibility index (Phi) is 5.20. The van der Waals surface area contributed by atoms with Gasteiger partial charge in [-0.15, -0.1) is 0 Å². The van der Waals surface area contributed by atoms with E-state index in [1.54, 1.807) is 48.5 Å². The van der Waals surface area contributed by atoms with E-state index in [2.05, 4.69) is 5.32 Å². The summed E-state index contributed by atoms with van der Waals surface area (Å²) in [5, 5.41) is 2.71. The summed E-state index contributed by atoms with van der Waals surface area (Å²) < 4.78 is 5.20. The Morgan fingerprint density at radius 1 is 0.880 bits per heavy atom. The van der Waals surface area contributed by atoms with Gasteiger partial charge in [-0.3, -0.25) is 14.4 Å². The molecule has 6 heteroatoms. The molecule has 0 radical (unpaired) electrons. The van der Waals surface area contributed by atoms with Gasteiger partial charge in [0.15, 0.2) is 0 Å². The molecule has 6 nitrogen and oxygen atoms in total. The second kappa shape index (κ2) is 7.72. The van der Waals surface area contributed by atoms with Crippen LogP contribution < -0.4 is 5.32 Å². The number of carbonyl (C=O) groups excluding carboxylic acids is 3. The summed E-state index contributed by atoms with van der Waals surface area (Å²) in [5.74, 6) is -1.55. The van der Waals surface area contributed by atoms with Gasteiger partial charge in [-0.2, -0.15) is 0 Å². The number of morpholine rings is 1. The van der Waals surface area contributed by atoms with Gasteiger partial charge >= 0.3 is 0 Å². The second-order valence-corrected chi connectivity index (χ2v) is 5.60. The molecule has 25 heavy (non-hydrogen) atoms. The summed E-state index contributed by atoms with van der Waals surface area (Å²) in [7, 11) is 0. The monoisotopic (exact) mass is 338 g/mol. The number of amides is 2. The van der Waals surface area contributed by atoms with E-state index in [0.29, 0.717) is 37.6 Å². The molecule has 1 saturated heterocycles. The van der Waals surface area contributed by atoms with Crippen molar-refractivity contribution in [3.63, 3.8) is 0 Å². The predicted octanol–water partition coefficient (Wildman–Crippen LogP) is 1.98. The number of hydrogen-bond acceptors (Lipinski definition) is 4. The maximum Gasteiger partial charge on any atom is 0.295 e. The molecular formula is C19H18N2O4. The zero-order valence-corrected chi connectivity index (χ0v) is 13.6. The normalized spacial score (nSPS) is 14.0. The molecule has 1 fully saturated rings. The zero-order chi connectivity index (χ0) is 17.6. The highest BCUT2D eigenvalue weighted by molar-refractivity contribution is 6.44. The molecule has 0 saturated carbocycles. The number of para-hydroxylation sites is 1. The van der Waals surface area contributed by atoms with Crippen LogP contribution in [0, 0.1) is 0 Å². The molecule has 0 aliphatic carbocycles. The van der Waals surface area contributed by atoms with Crippen LogP contribution in [0.2, 0.25) is 0 Å². The van der Waals surface area contributed by atoms with Gasteiger partial charge in [-0.05, 0) is 24.3 Å². The Morgan fingerprint density at radius 3 is 2.24 bits per heavy atom. The van der Waals surface area contributed by atoms with Crippen LogP contribution in [0.25, 0.3) is 0 Å². The molecule has 0 spiro atoms. The third-order valence-electron chi connectivity index (χ3n) is 3.95. The average molecular weight is 338 g/mol. The van der Waals surface area contributed by atoms with Crippen LogP contribution in [-0.2, 0) is 9.53 Å². The molecule has 0 bridgehead atoms. The lowest BCUT2D eigenvalue weighted by Gasteiger charge is -2.26. The lowest BCUT2D eigenvalue weighted by atomic mass is 10.1. The van der Waals surface area contributed by atoms with E-state index in [9.17, 15) is 14.4 Å². The fourth-order valence-corrected chi connectivity index (χ4v) is 2.60. The summed E-state index contributed by atoms with van der Waals surface area (Å²) >= 11 is 0. The molecule has 0 atom stereocenters. The van der Waals surface area contributed by atoms with Crippen molar-refractivity contribution in [1.82, 2.24) is 4.90 Å². The molecule has 2 aromatic rings. The van der Waals surface area contributed by atoms with Crippen molar-refractivity contribution >= 4 is 23.3 Å². The van der Waals surface area contributed by atoms with Gasteiger partial charge in [0.1, 0.15) is 0 Å². The van der Waals surface area contributed by atoms with Crippen molar-refractivity contribution in [3.8, 4) is 0 Å². The van der Waals surface area contributed by atoms with Crippen molar-refractivity contribution in [2.24, 2.45) is 0 Å². The Labute approximate surface area is 145 Å². The van der Waals surface area contributed by atoms with E-state index in [1.807, 2.05) is 6.07 Å². The van der Waals surface area contributed by atoms with Gasteiger partial charge < -0.3 is 15.0 Å². The lowest BCUT2D eigenvalue weighted by Crippen LogP contribution is -2.44. The van der Waals surface area contributed by atoms with Crippen LogP contribution in [0.4, 0.5) is 5.69 Å². The van der Waals surface area contributed by atoms with Crippen molar-refractivity contribution in [2.75, 3.05) is 31.6 Å². The van der Waals surface area contributed by atoms with Crippen LogP contribution in [0.1, 0.15) is 20.7 Å². The van der Waals surface area contributed by atoms with Crippen LogP contribution in [0.5, 0.6) is 0 Å². The molecule has 128 valence electrons. The number of ether oxygens (including phenoxy) is 1. The second-order valence-electron chi connectivity index (χ2n) is 5.60. The quantitative estimate of drug-likeness (QED) is 0.683. The maximum absolute atomic E-state index is 12.6. The van der Waals surface area contributed by atoms with Crippen LogP contribution >= 0.6 is 0 Å². The van der Waals surface area contributed by atoms with Gasteiger partial charge in [0.2, 0.25) is 0 Å². The van der Waals surface area contributed by atoms with Crippen molar-refractivity contribution < 1.29 is 19.1 Å². The number of nitrogens with one attached hydrogen (secondary N) is 1. The first-order chi connectivity index (χ1) is 12.2. The lowest BCUT2D eigenvalue weighted by molar-refractivity contribution is -0.130. The number of ketones is 1. The predicted molar refractivity (Wildman–Crippen MR) is 92.6 cm³/mol. The smallest absolute Gasteiger partial charge is 0.295 e. The molecule has 1 aliphatic heterocycles. The van der Waals surface area contributed by atoms with Gasteiger partial charge in [0.05, 0.1) is 24.5 Å². The summed E-state index contributed by atoms with van der Waals surface area (Å²) in [6.07, 6.45) is 0. The van der Waals surface area contributed by atoms with Crippen LogP contribution in [0.3, 0.4) is 0 Å². The number of anilines is 1. The van der Waals surface area contributed by atoms with E-state index >= 15 is 0 Å². The van der Waals surface area contributed by atoms with Gasteiger partial charge in [0.25, 0.3) is 17.6 Å². The van der Waals surface area contributed by atoms with Crippen molar-refractivity contribution in [2.45, 2.75) is 0 Å². The number of rotatable bonds is 4. The highest BCUT2D eigenvalue weighted by atomic mass is 16.5. The topological polar surface area (TPSA) is 75.7 Å². The van der Waals surface area contributed by atoms with E-state index < -0.39 is 11.7 Å². The first-order valence-electron chi connectivity index (χ1n) is 8.03. The largest absolute Gasteiger partial charge is 0.378 e. The summed E-state index contributed by atoms with van der Waals surface area (Å²) in [5.41, 5.74) is 0.982. The third-order valence-corrected chi connectivity index (χ3v) is 3.95. The SMILES string of the molecule is O=C(Nc1ccccc1C(=O)C(=O)N1CCOCC1)c1ccccc1. The Morgan fingerprint density at radius 2 is 1.52 bits per heavy atom. The zero-order valence-electron chi connectivity index (χ0n) is 13.6. The van der Waals surface area contributed by atoms with Gasteiger partial charge in [-0.25, -0.2) is 0 Å². The highest BCUT2D eigenvalue weighted by Crippen LogP contribution is 2.18. The molecule has 1 aliphatic rings. The molecule has 0 unspecified atom stereocenters. The fraction of sp³-hybridized carbons (Fsp3) is 0.211. The maximum atomic E-state index is 12.6. The molecule has 1 heterocycles.